The second-order valence-corrected chi connectivity index (χ2v) is 4.60. The number of carbonyl (C=O) groups is 4. The van der Waals surface area contributed by atoms with Gasteiger partial charge >= 0.3 is 23.9 Å². The highest BCUT2D eigenvalue weighted by molar-refractivity contribution is 5.68. The summed E-state index contributed by atoms with van der Waals surface area (Å²) in [5.74, 6) is -2.56. The SMILES string of the molecule is CC(=O)OC[C@H]1O[C@@H](OC(C)=O)C(OC(C)=O)C1OC(C)=O. The van der Waals surface area contributed by atoms with Crippen LogP contribution in [0, 0.1) is 0 Å². The molecule has 0 radical (unpaired) electrons. The fourth-order valence-electron chi connectivity index (χ4n) is 1.93. The van der Waals surface area contributed by atoms with Crippen LogP contribution in [0.2, 0.25) is 0 Å². The highest BCUT2D eigenvalue weighted by Crippen LogP contribution is 2.28. The molecule has 0 aromatic rings. The van der Waals surface area contributed by atoms with Crippen molar-refractivity contribution in [1.29, 1.82) is 0 Å². The third-order valence-electron chi connectivity index (χ3n) is 2.60. The summed E-state index contributed by atoms with van der Waals surface area (Å²) >= 11 is 0. The smallest absolute Gasteiger partial charge is 0.305 e. The van der Waals surface area contributed by atoms with Crippen LogP contribution in [-0.2, 0) is 42.9 Å². The fourth-order valence-corrected chi connectivity index (χ4v) is 1.93. The molecule has 0 bridgehead atoms. The lowest BCUT2D eigenvalue weighted by molar-refractivity contribution is -0.197. The average Bonchev–Trinajstić information content (AvgIpc) is 2.63. The van der Waals surface area contributed by atoms with E-state index in [9.17, 15) is 19.2 Å². The molecule has 9 heteroatoms. The molecule has 1 heterocycles. The first-order valence-electron chi connectivity index (χ1n) is 6.51. The van der Waals surface area contributed by atoms with E-state index >= 15 is 0 Å². The lowest BCUT2D eigenvalue weighted by atomic mass is 10.1. The van der Waals surface area contributed by atoms with Crippen molar-refractivity contribution in [2.75, 3.05) is 6.61 Å². The molecule has 124 valence electrons. The first kappa shape index (κ1) is 17.9. The van der Waals surface area contributed by atoms with Crippen LogP contribution in [0.3, 0.4) is 0 Å². The van der Waals surface area contributed by atoms with Gasteiger partial charge in [-0.2, -0.15) is 0 Å². The van der Waals surface area contributed by atoms with E-state index in [0.29, 0.717) is 0 Å². The first-order valence-corrected chi connectivity index (χ1v) is 6.51. The lowest BCUT2D eigenvalue weighted by Gasteiger charge is -2.22. The number of rotatable bonds is 5. The maximum Gasteiger partial charge on any atom is 0.305 e. The molecule has 1 fully saturated rings. The summed E-state index contributed by atoms with van der Waals surface area (Å²) < 4.78 is 25.2. The Morgan fingerprint density at radius 3 is 1.73 bits per heavy atom. The minimum absolute atomic E-state index is 0.247. The molecule has 0 saturated carbocycles. The Morgan fingerprint density at radius 2 is 1.27 bits per heavy atom. The Labute approximate surface area is 126 Å². The van der Waals surface area contributed by atoms with Crippen LogP contribution in [0.5, 0.6) is 0 Å². The zero-order valence-corrected chi connectivity index (χ0v) is 12.7. The molecular weight excluding hydrogens is 300 g/mol. The normalized spacial score (nSPS) is 26.9. The molecule has 0 amide bonds. The van der Waals surface area contributed by atoms with Crippen LogP contribution in [0.25, 0.3) is 0 Å². The fraction of sp³-hybridized carbons (Fsp3) is 0.692. The third kappa shape index (κ3) is 5.32. The van der Waals surface area contributed by atoms with Crippen LogP contribution in [0.1, 0.15) is 27.7 Å². The van der Waals surface area contributed by atoms with E-state index in [1.807, 2.05) is 0 Å². The van der Waals surface area contributed by atoms with Gasteiger partial charge in [0.15, 0.2) is 6.10 Å². The van der Waals surface area contributed by atoms with Gasteiger partial charge < -0.3 is 23.7 Å². The van der Waals surface area contributed by atoms with Gasteiger partial charge in [0, 0.05) is 27.7 Å². The summed E-state index contributed by atoms with van der Waals surface area (Å²) in [7, 11) is 0. The van der Waals surface area contributed by atoms with Gasteiger partial charge in [0.05, 0.1) is 0 Å². The second kappa shape index (κ2) is 7.74. The quantitative estimate of drug-likeness (QED) is 0.497. The van der Waals surface area contributed by atoms with Gasteiger partial charge in [-0.05, 0) is 0 Å². The topological polar surface area (TPSA) is 114 Å². The summed E-state index contributed by atoms with van der Waals surface area (Å²) in [6, 6.07) is 0. The van der Waals surface area contributed by atoms with Crippen LogP contribution in [0.4, 0.5) is 0 Å². The van der Waals surface area contributed by atoms with Gasteiger partial charge in [0.25, 0.3) is 0 Å². The van der Waals surface area contributed by atoms with Crippen molar-refractivity contribution in [3.05, 3.63) is 0 Å². The highest BCUT2D eigenvalue weighted by Gasteiger charge is 2.51. The average molecular weight is 318 g/mol. The molecule has 1 aliphatic rings. The molecule has 2 unspecified atom stereocenters. The van der Waals surface area contributed by atoms with Gasteiger partial charge in [0.1, 0.15) is 12.7 Å². The van der Waals surface area contributed by atoms with E-state index < -0.39 is 48.5 Å². The van der Waals surface area contributed by atoms with Gasteiger partial charge in [-0.15, -0.1) is 0 Å². The molecule has 0 aromatic carbocycles. The number of carbonyl (C=O) groups excluding carboxylic acids is 4. The molecular formula is C13H18O9. The predicted octanol–water partition coefficient (Wildman–Crippen LogP) is -0.299. The van der Waals surface area contributed by atoms with E-state index in [-0.39, 0.29) is 6.61 Å². The predicted molar refractivity (Wildman–Crippen MR) is 68.2 cm³/mol. The van der Waals surface area contributed by atoms with Crippen LogP contribution in [-0.4, -0.2) is 55.1 Å². The summed E-state index contributed by atoms with van der Waals surface area (Å²) in [4.78, 5) is 44.4. The molecule has 0 aliphatic carbocycles. The van der Waals surface area contributed by atoms with E-state index in [0.717, 1.165) is 20.8 Å². The zero-order valence-electron chi connectivity index (χ0n) is 12.7. The Bertz CT molecular complexity index is 458. The number of hydrogen-bond donors (Lipinski definition) is 0. The summed E-state index contributed by atoms with van der Waals surface area (Å²) in [6.45, 7) is 4.40. The van der Waals surface area contributed by atoms with Crippen molar-refractivity contribution in [2.45, 2.75) is 52.3 Å². The Hall–Kier alpha value is -2.16. The standard InChI is InChI=1S/C13H18O9/c1-6(14)18-5-10-11(19-7(2)15)12(20-8(3)16)13(22-10)21-9(4)17/h10-13H,5H2,1-4H3/t10-,11?,12?,13-/m1/s1. The molecule has 4 atom stereocenters. The number of ether oxygens (including phenoxy) is 5. The van der Waals surface area contributed by atoms with Gasteiger partial charge in [-0.3, -0.25) is 19.2 Å². The first-order chi connectivity index (χ1) is 10.2. The van der Waals surface area contributed by atoms with Gasteiger partial charge in [0.2, 0.25) is 12.4 Å². The van der Waals surface area contributed by atoms with Crippen molar-refractivity contribution in [1.82, 2.24) is 0 Å². The van der Waals surface area contributed by atoms with Crippen LogP contribution in [0.15, 0.2) is 0 Å². The molecule has 0 N–H and O–H groups in total. The Kier molecular flexibility index (Phi) is 6.29. The maximum atomic E-state index is 11.2. The second-order valence-electron chi connectivity index (χ2n) is 4.60. The van der Waals surface area contributed by atoms with E-state index in [1.165, 1.54) is 6.92 Å². The summed E-state index contributed by atoms with van der Waals surface area (Å²) in [6.07, 6.45) is -4.40. The van der Waals surface area contributed by atoms with E-state index in [1.54, 1.807) is 0 Å². The zero-order chi connectivity index (χ0) is 16.9. The lowest BCUT2D eigenvalue weighted by Crippen LogP contribution is -2.42. The van der Waals surface area contributed by atoms with Crippen molar-refractivity contribution in [3.63, 3.8) is 0 Å². The van der Waals surface area contributed by atoms with Crippen molar-refractivity contribution >= 4 is 23.9 Å². The van der Waals surface area contributed by atoms with Crippen molar-refractivity contribution in [3.8, 4) is 0 Å². The monoisotopic (exact) mass is 318 g/mol. The summed E-state index contributed by atoms with van der Waals surface area (Å²) in [5, 5.41) is 0. The van der Waals surface area contributed by atoms with E-state index in [2.05, 4.69) is 0 Å². The largest absolute Gasteiger partial charge is 0.463 e. The van der Waals surface area contributed by atoms with Crippen molar-refractivity contribution < 1.29 is 42.9 Å². The molecule has 0 aromatic heterocycles. The molecule has 1 rings (SSSR count). The van der Waals surface area contributed by atoms with E-state index in [4.69, 9.17) is 23.7 Å². The van der Waals surface area contributed by atoms with Crippen LogP contribution >= 0.6 is 0 Å². The minimum atomic E-state index is -1.26. The molecule has 0 spiro atoms. The number of hydrogen-bond acceptors (Lipinski definition) is 9. The number of esters is 4. The molecule has 9 nitrogen and oxygen atoms in total. The molecule has 1 saturated heterocycles. The highest BCUT2D eigenvalue weighted by atomic mass is 16.8. The van der Waals surface area contributed by atoms with Crippen molar-refractivity contribution in [2.24, 2.45) is 0 Å². The maximum absolute atomic E-state index is 11.2. The van der Waals surface area contributed by atoms with Gasteiger partial charge in [-0.1, -0.05) is 0 Å². The molecule has 22 heavy (non-hydrogen) atoms. The minimum Gasteiger partial charge on any atom is -0.463 e. The van der Waals surface area contributed by atoms with Crippen LogP contribution < -0.4 is 0 Å². The van der Waals surface area contributed by atoms with Gasteiger partial charge in [-0.25, -0.2) is 0 Å². The third-order valence-corrected chi connectivity index (χ3v) is 2.60. The Morgan fingerprint density at radius 1 is 0.773 bits per heavy atom. The molecule has 1 aliphatic heterocycles. The Balaban J connectivity index is 2.94. The summed E-state index contributed by atoms with van der Waals surface area (Å²) in [5.41, 5.74) is 0.